The number of nitrogens with zero attached hydrogens (tertiary/aromatic N) is 1. The molecule has 0 saturated heterocycles. The van der Waals surface area contributed by atoms with E-state index in [1.54, 1.807) is 0 Å². The molecule has 2 heteroatoms. The van der Waals surface area contributed by atoms with E-state index in [-0.39, 0.29) is 0 Å². The summed E-state index contributed by atoms with van der Waals surface area (Å²) in [5, 5.41) is 3.55. The molecule has 2 aliphatic rings. The van der Waals surface area contributed by atoms with Crippen LogP contribution in [0.1, 0.15) is 46.0 Å². The third-order valence-electron chi connectivity index (χ3n) is 5.03. The van der Waals surface area contributed by atoms with Crippen LogP contribution in [-0.2, 0) is 0 Å². The van der Waals surface area contributed by atoms with Crippen LogP contribution in [-0.4, -0.2) is 37.6 Å². The molecular formula is C15H30N2. The third kappa shape index (κ3) is 3.45. The molecule has 0 spiro atoms. The van der Waals surface area contributed by atoms with E-state index in [4.69, 9.17) is 0 Å². The molecule has 0 bridgehead atoms. The van der Waals surface area contributed by atoms with Crippen LogP contribution in [0.3, 0.4) is 0 Å². The summed E-state index contributed by atoms with van der Waals surface area (Å²) in [5.74, 6) is 2.69. The standard InChI is InChI=1S/C15H30N2/c1-11(2)12-5-8-15(16-3)13(9-12)10-17(4)14-6-7-14/h11-16H,5-10H2,1-4H3. The van der Waals surface area contributed by atoms with Gasteiger partial charge in [-0.1, -0.05) is 13.8 Å². The minimum atomic E-state index is 0.756. The molecule has 0 aliphatic heterocycles. The molecule has 0 aromatic carbocycles. The highest BCUT2D eigenvalue weighted by Gasteiger charge is 2.34. The Bertz CT molecular complexity index is 233. The van der Waals surface area contributed by atoms with E-state index in [2.05, 4.69) is 38.2 Å². The van der Waals surface area contributed by atoms with Gasteiger partial charge in [-0.3, -0.25) is 0 Å². The van der Waals surface area contributed by atoms with Crippen molar-refractivity contribution in [3.05, 3.63) is 0 Å². The van der Waals surface area contributed by atoms with Gasteiger partial charge in [0.15, 0.2) is 0 Å². The summed E-state index contributed by atoms with van der Waals surface area (Å²) in [4.78, 5) is 2.61. The van der Waals surface area contributed by atoms with E-state index in [1.807, 2.05) is 0 Å². The molecule has 3 unspecified atom stereocenters. The maximum Gasteiger partial charge on any atom is 0.0105 e. The number of rotatable bonds is 5. The molecule has 0 radical (unpaired) electrons. The predicted octanol–water partition coefficient (Wildman–Crippen LogP) is 2.74. The van der Waals surface area contributed by atoms with Crippen LogP contribution >= 0.6 is 0 Å². The Kier molecular flexibility index (Phi) is 4.48. The Labute approximate surface area is 107 Å². The van der Waals surface area contributed by atoms with Crippen molar-refractivity contribution < 1.29 is 0 Å². The molecule has 17 heavy (non-hydrogen) atoms. The second-order valence-corrected chi connectivity index (χ2v) is 6.64. The first-order chi connectivity index (χ1) is 8.11. The van der Waals surface area contributed by atoms with E-state index in [0.29, 0.717) is 0 Å². The van der Waals surface area contributed by atoms with E-state index < -0.39 is 0 Å². The summed E-state index contributed by atoms with van der Waals surface area (Å²) >= 11 is 0. The van der Waals surface area contributed by atoms with E-state index in [9.17, 15) is 0 Å². The highest BCUT2D eigenvalue weighted by molar-refractivity contribution is 4.90. The highest BCUT2D eigenvalue weighted by atomic mass is 15.2. The van der Waals surface area contributed by atoms with Gasteiger partial charge in [-0.05, 0) is 64.0 Å². The Morgan fingerprint density at radius 1 is 1.18 bits per heavy atom. The molecule has 1 N–H and O–H groups in total. The van der Waals surface area contributed by atoms with Crippen LogP contribution in [0, 0.1) is 17.8 Å². The zero-order valence-corrected chi connectivity index (χ0v) is 12.1. The molecule has 0 amide bonds. The lowest BCUT2D eigenvalue weighted by Gasteiger charge is -2.39. The lowest BCUT2D eigenvalue weighted by Crippen LogP contribution is -2.45. The maximum absolute atomic E-state index is 3.55. The van der Waals surface area contributed by atoms with Crippen molar-refractivity contribution >= 4 is 0 Å². The van der Waals surface area contributed by atoms with Gasteiger partial charge in [-0.25, -0.2) is 0 Å². The molecule has 2 aliphatic carbocycles. The van der Waals surface area contributed by atoms with Crippen molar-refractivity contribution in [3.8, 4) is 0 Å². The first-order valence-corrected chi connectivity index (χ1v) is 7.49. The van der Waals surface area contributed by atoms with Gasteiger partial charge in [-0.2, -0.15) is 0 Å². The highest BCUT2D eigenvalue weighted by Crippen LogP contribution is 2.35. The van der Waals surface area contributed by atoms with Crippen LogP contribution in [0.5, 0.6) is 0 Å². The Hall–Kier alpha value is -0.0800. The topological polar surface area (TPSA) is 15.3 Å². The van der Waals surface area contributed by atoms with Crippen LogP contribution in [0.25, 0.3) is 0 Å². The molecule has 2 saturated carbocycles. The quantitative estimate of drug-likeness (QED) is 0.792. The fourth-order valence-corrected chi connectivity index (χ4v) is 3.52. The van der Waals surface area contributed by atoms with Gasteiger partial charge < -0.3 is 10.2 Å². The van der Waals surface area contributed by atoms with Crippen molar-refractivity contribution in [2.75, 3.05) is 20.6 Å². The molecule has 0 aromatic rings. The van der Waals surface area contributed by atoms with Gasteiger partial charge >= 0.3 is 0 Å². The molecule has 0 heterocycles. The number of hydrogen-bond donors (Lipinski definition) is 1. The van der Waals surface area contributed by atoms with Gasteiger partial charge in [0.1, 0.15) is 0 Å². The van der Waals surface area contributed by atoms with E-state index >= 15 is 0 Å². The van der Waals surface area contributed by atoms with Crippen LogP contribution in [0.2, 0.25) is 0 Å². The molecule has 2 fully saturated rings. The molecule has 0 aromatic heterocycles. The smallest absolute Gasteiger partial charge is 0.0105 e. The zero-order chi connectivity index (χ0) is 12.4. The number of hydrogen-bond acceptors (Lipinski definition) is 2. The van der Waals surface area contributed by atoms with Gasteiger partial charge in [-0.15, -0.1) is 0 Å². The van der Waals surface area contributed by atoms with Crippen molar-refractivity contribution in [1.29, 1.82) is 0 Å². The van der Waals surface area contributed by atoms with E-state index in [1.165, 1.54) is 38.6 Å². The van der Waals surface area contributed by atoms with Gasteiger partial charge in [0.25, 0.3) is 0 Å². The predicted molar refractivity (Wildman–Crippen MR) is 74.2 cm³/mol. The minimum Gasteiger partial charge on any atom is -0.317 e. The summed E-state index contributed by atoms with van der Waals surface area (Å²) in [7, 11) is 4.47. The van der Waals surface area contributed by atoms with Crippen LogP contribution in [0.4, 0.5) is 0 Å². The monoisotopic (exact) mass is 238 g/mol. The van der Waals surface area contributed by atoms with Gasteiger partial charge in [0, 0.05) is 18.6 Å². The normalized spacial score (nSPS) is 34.6. The summed E-state index contributed by atoms with van der Waals surface area (Å²) in [6.45, 7) is 6.09. The van der Waals surface area contributed by atoms with Gasteiger partial charge in [0.05, 0.1) is 0 Å². The first kappa shape index (κ1) is 13.4. The SMILES string of the molecule is CNC1CCC(C(C)C)CC1CN(C)C1CC1. The number of nitrogens with one attached hydrogen (secondary N) is 1. The summed E-state index contributed by atoms with van der Waals surface area (Å²) in [6, 6.07) is 1.66. The Morgan fingerprint density at radius 3 is 2.41 bits per heavy atom. The zero-order valence-electron chi connectivity index (χ0n) is 12.1. The lowest BCUT2D eigenvalue weighted by atomic mass is 9.73. The fraction of sp³-hybridized carbons (Fsp3) is 1.00. The second kappa shape index (κ2) is 5.71. The molecular weight excluding hydrogens is 208 g/mol. The molecule has 100 valence electrons. The summed E-state index contributed by atoms with van der Waals surface area (Å²) < 4.78 is 0. The summed E-state index contributed by atoms with van der Waals surface area (Å²) in [6.07, 6.45) is 7.09. The van der Waals surface area contributed by atoms with Crippen LogP contribution in [0.15, 0.2) is 0 Å². The van der Waals surface area contributed by atoms with Crippen molar-refractivity contribution in [3.63, 3.8) is 0 Å². The second-order valence-electron chi connectivity index (χ2n) is 6.64. The average molecular weight is 238 g/mol. The van der Waals surface area contributed by atoms with Gasteiger partial charge in [0.2, 0.25) is 0 Å². The molecule has 3 atom stereocenters. The van der Waals surface area contributed by atoms with Crippen molar-refractivity contribution in [2.24, 2.45) is 17.8 Å². The summed E-state index contributed by atoms with van der Waals surface area (Å²) in [5.41, 5.74) is 0. The minimum absolute atomic E-state index is 0.756. The van der Waals surface area contributed by atoms with Crippen molar-refractivity contribution in [1.82, 2.24) is 10.2 Å². The average Bonchev–Trinajstić information content (AvgIpc) is 3.12. The molecule has 2 nitrogen and oxygen atoms in total. The Morgan fingerprint density at radius 2 is 1.88 bits per heavy atom. The Balaban J connectivity index is 1.89. The van der Waals surface area contributed by atoms with Crippen LogP contribution < -0.4 is 5.32 Å². The maximum atomic E-state index is 3.55. The largest absolute Gasteiger partial charge is 0.317 e. The molecule has 2 rings (SSSR count). The van der Waals surface area contributed by atoms with Crippen molar-refractivity contribution in [2.45, 2.75) is 58.0 Å². The third-order valence-corrected chi connectivity index (χ3v) is 5.03. The lowest BCUT2D eigenvalue weighted by molar-refractivity contribution is 0.133. The van der Waals surface area contributed by atoms with E-state index in [0.717, 1.165) is 29.8 Å². The fourth-order valence-electron chi connectivity index (χ4n) is 3.52. The first-order valence-electron chi connectivity index (χ1n) is 7.49.